The molecular formula is C11H18O2. The molecule has 1 spiro atoms. The Morgan fingerprint density at radius 3 is 2.46 bits per heavy atom. The van der Waals surface area contributed by atoms with Crippen LogP contribution in [0.5, 0.6) is 0 Å². The van der Waals surface area contributed by atoms with Crippen molar-refractivity contribution < 1.29 is 9.90 Å². The molecule has 2 aliphatic carbocycles. The molecule has 74 valence electrons. The molecule has 2 nitrogen and oxygen atoms in total. The first-order chi connectivity index (χ1) is 6.24. The lowest BCUT2D eigenvalue weighted by Gasteiger charge is -2.35. The Morgan fingerprint density at radius 1 is 1.31 bits per heavy atom. The Labute approximate surface area is 79.3 Å². The predicted molar refractivity (Wildman–Crippen MR) is 50.3 cm³/mol. The van der Waals surface area contributed by atoms with E-state index in [1.165, 1.54) is 12.8 Å². The Balaban J connectivity index is 1.93. The van der Waals surface area contributed by atoms with E-state index >= 15 is 0 Å². The fourth-order valence-corrected chi connectivity index (χ4v) is 2.90. The quantitative estimate of drug-likeness (QED) is 0.672. The van der Waals surface area contributed by atoms with Crippen molar-refractivity contribution in [2.24, 2.45) is 11.3 Å². The maximum atomic E-state index is 11.2. The minimum atomic E-state index is 0.337. The molecule has 2 fully saturated rings. The second-order valence-corrected chi connectivity index (χ2v) is 4.84. The first kappa shape index (κ1) is 9.20. The molecule has 1 N–H and O–H groups in total. The zero-order chi connectivity index (χ0) is 9.31. The van der Waals surface area contributed by atoms with Gasteiger partial charge in [-0.05, 0) is 43.4 Å². The Morgan fingerprint density at radius 2 is 2.00 bits per heavy atom. The van der Waals surface area contributed by atoms with E-state index in [1.807, 2.05) is 0 Å². The Kier molecular flexibility index (Phi) is 2.41. The lowest BCUT2D eigenvalue weighted by atomic mass is 9.69. The molecule has 2 heteroatoms. The van der Waals surface area contributed by atoms with Crippen molar-refractivity contribution in [2.45, 2.75) is 44.9 Å². The number of aliphatic hydroxyl groups excluding tert-OH is 1. The van der Waals surface area contributed by atoms with E-state index < -0.39 is 0 Å². The van der Waals surface area contributed by atoms with Crippen molar-refractivity contribution in [3.05, 3.63) is 0 Å². The predicted octanol–water partition coefficient (Wildman–Crippen LogP) is 1.91. The average Bonchev–Trinajstić information content (AvgIpc) is 2.49. The van der Waals surface area contributed by atoms with Crippen molar-refractivity contribution in [3.63, 3.8) is 0 Å². The molecule has 0 heterocycles. The first-order valence-electron chi connectivity index (χ1n) is 5.37. The molecule has 0 atom stereocenters. The van der Waals surface area contributed by atoms with Crippen LogP contribution in [0.1, 0.15) is 44.9 Å². The van der Waals surface area contributed by atoms with Gasteiger partial charge in [0.05, 0.1) is 0 Å². The van der Waals surface area contributed by atoms with Crippen LogP contribution in [0.25, 0.3) is 0 Å². The number of hydrogen-bond donors (Lipinski definition) is 1. The molecule has 2 rings (SSSR count). The molecule has 0 amide bonds. The van der Waals surface area contributed by atoms with E-state index in [1.54, 1.807) is 0 Å². The van der Waals surface area contributed by atoms with Gasteiger partial charge in [0.2, 0.25) is 0 Å². The number of carbonyl (C=O) groups excluding carboxylic acids is 1. The number of Topliss-reactive ketones (excluding diaryl/α,β-unsaturated/α-hetero) is 1. The van der Waals surface area contributed by atoms with E-state index in [2.05, 4.69) is 0 Å². The number of hydrogen-bond acceptors (Lipinski definition) is 2. The summed E-state index contributed by atoms with van der Waals surface area (Å²) < 4.78 is 0. The van der Waals surface area contributed by atoms with Crippen LogP contribution < -0.4 is 0 Å². The third-order valence-corrected chi connectivity index (χ3v) is 3.93. The zero-order valence-corrected chi connectivity index (χ0v) is 8.09. The maximum Gasteiger partial charge on any atom is 0.133 e. The van der Waals surface area contributed by atoms with Crippen LogP contribution in [-0.2, 0) is 4.79 Å². The molecule has 0 unspecified atom stereocenters. The highest BCUT2D eigenvalue weighted by atomic mass is 16.3. The van der Waals surface area contributed by atoms with Crippen LogP contribution in [0.15, 0.2) is 0 Å². The molecule has 0 radical (unpaired) electrons. The molecule has 0 aromatic rings. The van der Waals surface area contributed by atoms with Crippen molar-refractivity contribution in [1.29, 1.82) is 0 Å². The summed E-state index contributed by atoms with van der Waals surface area (Å²) in [5.74, 6) is 0.976. The summed E-state index contributed by atoms with van der Waals surface area (Å²) >= 11 is 0. The van der Waals surface area contributed by atoms with Gasteiger partial charge in [0.25, 0.3) is 0 Å². The number of rotatable bonds is 1. The molecule has 0 bridgehead atoms. The van der Waals surface area contributed by atoms with Gasteiger partial charge in [-0.2, -0.15) is 0 Å². The lowest BCUT2D eigenvalue weighted by Crippen LogP contribution is -2.26. The van der Waals surface area contributed by atoms with E-state index in [4.69, 9.17) is 5.11 Å². The summed E-state index contributed by atoms with van der Waals surface area (Å²) in [4.78, 5) is 11.2. The minimum absolute atomic E-state index is 0.337. The van der Waals surface area contributed by atoms with Gasteiger partial charge in [0.1, 0.15) is 5.78 Å². The molecule has 0 aromatic carbocycles. The van der Waals surface area contributed by atoms with Crippen molar-refractivity contribution >= 4 is 5.78 Å². The van der Waals surface area contributed by atoms with Gasteiger partial charge < -0.3 is 5.11 Å². The van der Waals surface area contributed by atoms with Crippen LogP contribution in [0.2, 0.25) is 0 Å². The molecule has 2 saturated carbocycles. The Bertz CT molecular complexity index is 202. The molecule has 2 aliphatic rings. The maximum absolute atomic E-state index is 11.2. The SMILES string of the molecule is O=C1CCC2(CCC(CO)CC2)C1. The Hall–Kier alpha value is -0.370. The van der Waals surface area contributed by atoms with Crippen molar-refractivity contribution in [1.82, 2.24) is 0 Å². The lowest BCUT2D eigenvalue weighted by molar-refractivity contribution is -0.118. The van der Waals surface area contributed by atoms with E-state index in [0.29, 0.717) is 23.7 Å². The highest BCUT2D eigenvalue weighted by Gasteiger charge is 2.40. The number of carbonyl (C=O) groups is 1. The van der Waals surface area contributed by atoms with Crippen LogP contribution in [-0.4, -0.2) is 17.5 Å². The minimum Gasteiger partial charge on any atom is -0.396 e. The third kappa shape index (κ3) is 1.78. The van der Waals surface area contributed by atoms with Gasteiger partial charge in [-0.25, -0.2) is 0 Å². The topological polar surface area (TPSA) is 37.3 Å². The fraction of sp³-hybridized carbons (Fsp3) is 0.909. The van der Waals surface area contributed by atoms with Crippen LogP contribution in [0.3, 0.4) is 0 Å². The highest BCUT2D eigenvalue weighted by Crippen LogP contribution is 2.48. The second-order valence-electron chi connectivity index (χ2n) is 4.84. The van der Waals surface area contributed by atoms with Gasteiger partial charge >= 0.3 is 0 Å². The van der Waals surface area contributed by atoms with Crippen LogP contribution in [0, 0.1) is 11.3 Å². The van der Waals surface area contributed by atoms with Crippen molar-refractivity contribution in [2.75, 3.05) is 6.61 Å². The van der Waals surface area contributed by atoms with E-state index in [9.17, 15) is 4.79 Å². The summed E-state index contributed by atoms with van der Waals surface area (Å²) in [6.07, 6.45) is 7.35. The molecule has 0 saturated heterocycles. The highest BCUT2D eigenvalue weighted by molar-refractivity contribution is 5.81. The van der Waals surface area contributed by atoms with Gasteiger partial charge in [-0.3, -0.25) is 4.79 Å². The summed E-state index contributed by atoms with van der Waals surface area (Å²) in [7, 11) is 0. The fourth-order valence-electron chi connectivity index (χ4n) is 2.90. The standard InChI is InChI=1S/C11H18O2/c12-8-9-1-4-11(5-2-9)6-3-10(13)7-11/h9,12H,1-8H2. The van der Waals surface area contributed by atoms with Gasteiger partial charge in [0, 0.05) is 19.4 Å². The van der Waals surface area contributed by atoms with E-state index in [0.717, 1.165) is 32.1 Å². The van der Waals surface area contributed by atoms with Gasteiger partial charge in [-0.15, -0.1) is 0 Å². The van der Waals surface area contributed by atoms with E-state index in [-0.39, 0.29) is 0 Å². The van der Waals surface area contributed by atoms with Crippen molar-refractivity contribution in [3.8, 4) is 0 Å². The summed E-state index contributed by atoms with van der Waals surface area (Å²) in [5, 5.41) is 9.01. The van der Waals surface area contributed by atoms with Crippen LogP contribution >= 0.6 is 0 Å². The number of ketones is 1. The molecule has 0 aliphatic heterocycles. The average molecular weight is 182 g/mol. The molecular weight excluding hydrogens is 164 g/mol. The third-order valence-electron chi connectivity index (χ3n) is 3.93. The molecule has 13 heavy (non-hydrogen) atoms. The summed E-state index contributed by atoms with van der Waals surface area (Å²) in [6.45, 7) is 0.337. The summed E-state index contributed by atoms with van der Waals surface area (Å²) in [5.41, 5.74) is 0.364. The monoisotopic (exact) mass is 182 g/mol. The zero-order valence-electron chi connectivity index (χ0n) is 8.09. The number of aliphatic hydroxyl groups is 1. The second kappa shape index (κ2) is 3.41. The largest absolute Gasteiger partial charge is 0.396 e. The van der Waals surface area contributed by atoms with Gasteiger partial charge in [0.15, 0.2) is 0 Å². The van der Waals surface area contributed by atoms with Crippen LogP contribution in [0.4, 0.5) is 0 Å². The van der Waals surface area contributed by atoms with Gasteiger partial charge in [-0.1, -0.05) is 0 Å². The molecule has 0 aromatic heterocycles. The first-order valence-corrected chi connectivity index (χ1v) is 5.37. The smallest absolute Gasteiger partial charge is 0.133 e. The normalized spacial score (nSPS) is 40.1. The summed E-state index contributed by atoms with van der Waals surface area (Å²) in [6, 6.07) is 0.